The first-order chi connectivity index (χ1) is 16.1. The van der Waals surface area contributed by atoms with Crippen molar-refractivity contribution in [3.05, 3.63) is 59.7 Å². The van der Waals surface area contributed by atoms with E-state index in [1.54, 1.807) is 30.3 Å². The number of azo groups is 2. The van der Waals surface area contributed by atoms with Gasteiger partial charge in [-0.3, -0.25) is 9.35 Å². The van der Waals surface area contributed by atoms with Crippen molar-refractivity contribution in [2.75, 3.05) is 11.5 Å². The number of hydrogen-bond donors (Lipinski definition) is 4. The van der Waals surface area contributed by atoms with E-state index in [1.807, 2.05) is 6.92 Å². The molecule has 0 unspecified atom stereocenters. The number of ether oxygens (including phenoxy) is 1. The van der Waals surface area contributed by atoms with Gasteiger partial charge in [-0.1, -0.05) is 18.2 Å². The van der Waals surface area contributed by atoms with Crippen LogP contribution in [0.1, 0.15) is 11.1 Å². The first-order valence-electron chi connectivity index (χ1n) is 9.57. The van der Waals surface area contributed by atoms with E-state index in [1.165, 1.54) is 12.1 Å². The van der Waals surface area contributed by atoms with Crippen LogP contribution in [-0.4, -0.2) is 24.5 Å². The number of rotatable bonds is 8. The van der Waals surface area contributed by atoms with Crippen LogP contribution in [0.5, 0.6) is 5.75 Å². The zero-order valence-corrected chi connectivity index (χ0v) is 18.6. The Bertz CT molecular complexity index is 1410. The number of nitrogens with two attached hydrogens (primary N) is 2. The molecule has 0 atom stereocenters. The third-order valence-electron chi connectivity index (χ3n) is 4.54. The first-order valence-corrected chi connectivity index (χ1v) is 11.0. The van der Waals surface area contributed by atoms with Gasteiger partial charge >= 0.3 is 0 Å². The van der Waals surface area contributed by atoms with Crippen molar-refractivity contribution in [3.8, 4) is 5.75 Å². The Hall–Kier alpha value is -4.20. The number of carbonyl (C=O) groups excluding carboxylic acids is 1. The van der Waals surface area contributed by atoms with Crippen LogP contribution in [0, 0.1) is 6.92 Å². The van der Waals surface area contributed by atoms with Crippen LogP contribution >= 0.6 is 0 Å². The zero-order chi connectivity index (χ0) is 24.9. The fraction of sp³-hybridized carbons (Fsp3) is 0.0952. The molecule has 0 fully saturated rings. The van der Waals surface area contributed by atoms with E-state index in [0.29, 0.717) is 11.3 Å². The highest BCUT2D eigenvalue weighted by molar-refractivity contribution is 7.86. The van der Waals surface area contributed by atoms with Crippen molar-refractivity contribution in [1.29, 1.82) is 0 Å². The van der Waals surface area contributed by atoms with Gasteiger partial charge in [-0.25, -0.2) is 0 Å². The second-order valence-electron chi connectivity index (χ2n) is 6.95. The van der Waals surface area contributed by atoms with Crippen LogP contribution in [0.25, 0.3) is 0 Å². The standard InChI is InChI=1S/C21H20N6O6S/c1-12-5-6-13(10-28)16(7-12)25-27-21-19(22)17(9-18(20(21)23)34(30,31)32)26-24-14-3-2-4-15(8-14)33-11-29/h2-9,11,28H,10,22-23H2,1H3,(H,30,31,32). The summed E-state index contributed by atoms with van der Waals surface area (Å²) in [4.78, 5) is 9.83. The molecule has 0 aliphatic rings. The number of aliphatic hydroxyl groups is 1. The largest absolute Gasteiger partial charge is 0.429 e. The van der Waals surface area contributed by atoms with E-state index in [2.05, 4.69) is 20.5 Å². The van der Waals surface area contributed by atoms with Crippen LogP contribution < -0.4 is 16.2 Å². The molecule has 0 aliphatic heterocycles. The molecule has 0 bridgehead atoms. The maximum Gasteiger partial charge on any atom is 0.298 e. The molecule has 3 aromatic rings. The number of aliphatic hydroxyl groups excluding tert-OH is 1. The van der Waals surface area contributed by atoms with Gasteiger partial charge in [0.2, 0.25) is 0 Å². The second kappa shape index (κ2) is 10.2. The van der Waals surface area contributed by atoms with Gasteiger partial charge in [0.25, 0.3) is 16.6 Å². The van der Waals surface area contributed by atoms with Crippen molar-refractivity contribution in [2.45, 2.75) is 18.4 Å². The molecular formula is C21H20N6O6S. The summed E-state index contributed by atoms with van der Waals surface area (Å²) in [6.07, 6.45) is 0. The molecule has 0 amide bonds. The van der Waals surface area contributed by atoms with Crippen molar-refractivity contribution in [3.63, 3.8) is 0 Å². The average Bonchev–Trinajstić information content (AvgIpc) is 2.78. The SMILES string of the molecule is Cc1ccc(CO)c(N=Nc2c(N)c(N=Nc3cccc(OC=O)c3)cc(S(=O)(=O)O)c2N)c1. The molecule has 0 aromatic heterocycles. The van der Waals surface area contributed by atoms with Gasteiger partial charge in [0.05, 0.1) is 29.4 Å². The molecule has 176 valence electrons. The minimum absolute atomic E-state index is 0.157. The van der Waals surface area contributed by atoms with Gasteiger partial charge < -0.3 is 21.3 Å². The maximum absolute atomic E-state index is 11.9. The minimum Gasteiger partial charge on any atom is -0.429 e. The summed E-state index contributed by atoms with van der Waals surface area (Å²) < 4.78 is 38.1. The van der Waals surface area contributed by atoms with Crippen molar-refractivity contribution in [2.24, 2.45) is 20.5 Å². The number of nitrogens with zero attached hydrogens (tertiary/aromatic N) is 4. The molecule has 34 heavy (non-hydrogen) atoms. The maximum atomic E-state index is 11.9. The number of carbonyl (C=O) groups is 1. The summed E-state index contributed by atoms with van der Waals surface area (Å²) in [5.41, 5.74) is 12.9. The van der Waals surface area contributed by atoms with E-state index < -0.39 is 20.7 Å². The molecule has 0 saturated carbocycles. The normalized spacial score (nSPS) is 11.9. The van der Waals surface area contributed by atoms with Crippen LogP contribution in [0.2, 0.25) is 0 Å². The Morgan fingerprint density at radius 2 is 1.71 bits per heavy atom. The summed E-state index contributed by atoms with van der Waals surface area (Å²) in [6.45, 7) is 1.76. The number of benzene rings is 3. The average molecular weight is 484 g/mol. The molecule has 0 heterocycles. The summed E-state index contributed by atoms with van der Waals surface area (Å²) in [6, 6.07) is 12.1. The van der Waals surface area contributed by atoms with Gasteiger partial charge in [-0.15, -0.1) is 10.2 Å². The smallest absolute Gasteiger partial charge is 0.298 e. The van der Waals surface area contributed by atoms with Crippen LogP contribution in [0.3, 0.4) is 0 Å². The first kappa shape index (κ1) is 24.4. The van der Waals surface area contributed by atoms with E-state index in [-0.39, 0.29) is 41.6 Å². The predicted molar refractivity (Wildman–Crippen MR) is 124 cm³/mol. The molecule has 3 aromatic carbocycles. The molecular weight excluding hydrogens is 464 g/mol. The fourth-order valence-corrected chi connectivity index (χ4v) is 3.49. The zero-order valence-electron chi connectivity index (χ0n) is 17.8. The molecule has 0 spiro atoms. The van der Waals surface area contributed by atoms with E-state index in [9.17, 15) is 22.9 Å². The lowest BCUT2D eigenvalue weighted by molar-refractivity contribution is -0.120. The summed E-state index contributed by atoms with van der Waals surface area (Å²) >= 11 is 0. The number of nitrogen functional groups attached to an aromatic ring is 2. The second-order valence-corrected chi connectivity index (χ2v) is 8.34. The quantitative estimate of drug-likeness (QED) is 0.157. The third kappa shape index (κ3) is 5.58. The van der Waals surface area contributed by atoms with Crippen molar-refractivity contribution >= 4 is 50.7 Å². The molecule has 0 saturated heterocycles. The number of hydrogen-bond acceptors (Lipinski definition) is 11. The molecule has 0 radical (unpaired) electrons. The Morgan fingerprint density at radius 3 is 2.38 bits per heavy atom. The van der Waals surface area contributed by atoms with Crippen LogP contribution in [0.4, 0.5) is 34.1 Å². The van der Waals surface area contributed by atoms with E-state index in [4.69, 9.17) is 16.2 Å². The van der Waals surface area contributed by atoms with Gasteiger partial charge in [-0.05, 0) is 36.8 Å². The molecule has 3 rings (SSSR count). The Kier molecular flexibility index (Phi) is 7.31. The summed E-state index contributed by atoms with van der Waals surface area (Å²) in [7, 11) is -4.78. The Labute approximate surface area is 194 Å². The topological polar surface area (TPSA) is 202 Å². The molecule has 13 heteroatoms. The highest BCUT2D eigenvalue weighted by Crippen LogP contribution is 2.43. The van der Waals surface area contributed by atoms with Crippen molar-refractivity contribution < 1.29 is 27.6 Å². The van der Waals surface area contributed by atoms with Gasteiger partial charge in [-0.2, -0.15) is 18.6 Å². The molecule has 6 N–H and O–H groups in total. The predicted octanol–water partition coefficient (Wildman–Crippen LogP) is 4.26. The Morgan fingerprint density at radius 1 is 0.971 bits per heavy atom. The highest BCUT2D eigenvalue weighted by atomic mass is 32.2. The van der Waals surface area contributed by atoms with Gasteiger partial charge in [0.1, 0.15) is 22.0 Å². The summed E-state index contributed by atoms with van der Waals surface area (Å²) in [5, 5.41) is 25.5. The van der Waals surface area contributed by atoms with Crippen LogP contribution in [-0.2, 0) is 21.5 Å². The highest BCUT2D eigenvalue weighted by Gasteiger charge is 2.22. The van der Waals surface area contributed by atoms with Gasteiger partial charge in [0, 0.05) is 11.6 Å². The number of aryl methyl sites for hydroxylation is 1. The lowest BCUT2D eigenvalue weighted by Crippen LogP contribution is -2.05. The van der Waals surface area contributed by atoms with E-state index in [0.717, 1.165) is 11.6 Å². The Balaban J connectivity index is 2.12. The third-order valence-corrected chi connectivity index (χ3v) is 5.43. The molecule has 0 aliphatic carbocycles. The lowest BCUT2D eigenvalue weighted by atomic mass is 10.1. The van der Waals surface area contributed by atoms with Crippen molar-refractivity contribution in [1.82, 2.24) is 0 Å². The van der Waals surface area contributed by atoms with E-state index >= 15 is 0 Å². The number of anilines is 2. The monoisotopic (exact) mass is 484 g/mol. The minimum atomic E-state index is -4.78. The molecule has 12 nitrogen and oxygen atoms in total. The van der Waals surface area contributed by atoms with Crippen LogP contribution in [0.15, 0.2) is 73.9 Å². The lowest BCUT2D eigenvalue weighted by Gasteiger charge is -2.11. The fourth-order valence-electron chi connectivity index (χ4n) is 2.86. The van der Waals surface area contributed by atoms with Gasteiger partial charge in [0.15, 0.2) is 0 Å². The summed E-state index contributed by atoms with van der Waals surface area (Å²) in [5.74, 6) is 0.211.